The van der Waals surface area contributed by atoms with Gasteiger partial charge in [-0.1, -0.05) is 6.42 Å². The van der Waals surface area contributed by atoms with Gasteiger partial charge in [-0.25, -0.2) is 4.98 Å². The molecule has 0 aliphatic heterocycles. The summed E-state index contributed by atoms with van der Waals surface area (Å²) in [7, 11) is 0. The number of aldehydes is 1. The Hall–Kier alpha value is -1.64. The van der Waals surface area contributed by atoms with Crippen molar-refractivity contribution in [1.29, 1.82) is 0 Å². The van der Waals surface area contributed by atoms with E-state index in [0.29, 0.717) is 5.92 Å². The van der Waals surface area contributed by atoms with Crippen LogP contribution in [0.15, 0.2) is 24.5 Å². The van der Waals surface area contributed by atoms with Crippen molar-refractivity contribution in [3.05, 3.63) is 35.9 Å². The number of carbonyl (C=O) groups excluding carboxylic acids is 1. The minimum atomic E-state index is 0.592. The largest absolute Gasteiger partial charge is 0.303 e. The molecule has 0 radical (unpaired) electrons. The fourth-order valence-electron chi connectivity index (χ4n) is 2.13. The Bertz CT molecular complexity index is 511. The van der Waals surface area contributed by atoms with Crippen LogP contribution in [0.5, 0.6) is 0 Å². The summed E-state index contributed by atoms with van der Waals surface area (Å²) in [5.74, 6) is 1.70. The molecule has 1 saturated carbocycles. The normalized spacial score (nSPS) is 16.5. The first-order chi connectivity index (χ1) is 7.40. The van der Waals surface area contributed by atoms with Gasteiger partial charge in [-0.2, -0.15) is 0 Å². The molecular weight excluding hydrogens is 188 g/mol. The van der Waals surface area contributed by atoms with Crippen molar-refractivity contribution in [2.45, 2.75) is 25.2 Å². The van der Waals surface area contributed by atoms with Crippen LogP contribution in [-0.2, 0) is 0 Å². The molecule has 0 N–H and O–H groups in total. The third-order valence-corrected chi connectivity index (χ3v) is 3.23. The minimum absolute atomic E-state index is 0.592. The molecule has 2 aromatic heterocycles. The molecule has 1 aliphatic rings. The number of pyridine rings is 1. The number of aromatic nitrogens is 2. The minimum Gasteiger partial charge on any atom is -0.303 e. The van der Waals surface area contributed by atoms with Gasteiger partial charge in [-0.05, 0) is 25.0 Å². The fraction of sp³-hybridized carbons (Fsp3) is 0.333. The molecule has 0 atom stereocenters. The highest BCUT2D eigenvalue weighted by Gasteiger charge is 2.23. The smallest absolute Gasteiger partial charge is 0.152 e. The number of nitrogens with zero attached hydrogens (tertiary/aromatic N) is 2. The Balaban J connectivity index is 2.20. The van der Waals surface area contributed by atoms with Crippen molar-refractivity contribution >= 4 is 11.8 Å². The van der Waals surface area contributed by atoms with Crippen LogP contribution in [0.25, 0.3) is 5.52 Å². The molecule has 0 unspecified atom stereocenters. The van der Waals surface area contributed by atoms with Crippen molar-refractivity contribution in [3.8, 4) is 0 Å². The van der Waals surface area contributed by atoms with Gasteiger partial charge in [0.1, 0.15) is 5.82 Å². The predicted molar refractivity (Wildman–Crippen MR) is 57.2 cm³/mol. The molecule has 0 amide bonds. The molecule has 2 heterocycles. The molecule has 1 aliphatic carbocycles. The molecule has 0 spiro atoms. The van der Waals surface area contributed by atoms with Crippen LogP contribution in [0, 0.1) is 0 Å². The van der Waals surface area contributed by atoms with E-state index in [0.717, 1.165) is 23.2 Å². The quantitative estimate of drug-likeness (QED) is 0.698. The van der Waals surface area contributed by atoms with E-state index in [4.69, 9.17) is 0 Å². The van der Waals surface area contributed by atoms with Gasteiger partial charge < -0.3 is 4.40 Å². The summed E-state index contributed by atoms with van der Waals surface area (Å²) < 4.78 is 2.05. The van der Waals surface area contributed by atoms with Crippen LogP contribution in [0.4, 0.5) is 0 Å². The molecule has 0 aromatic carbocycles. The van der Waals surface area contributed by atoms with Crippen LogP contribution in [0.3, 0.4) is 0 Å². The zero-order valence-electron chi connectivity index (χ0n) is 8.39. The van der Waals surface area contributed by atoms with Gasteiger partial charge in [0.15, 0.2) is 6.29 Å². The van der Waals surface area contributed by atoms with Gasteiger partial charge in [0.2, 0.25) is 0 Å². The summed E-state index contributed by atoms with van der Waals surface area (Å²) in [5.41, 5.74) is 1.64. The van der Waals surface area contributed by atoms with Gasteiger partial charge in [0.25, 0.3) is 0 Å². The lowest BCUT2D eigenvalue weighted by Crippen LogP contribution is -2.12. The fourth-order valence-corrected chi connectivity index (χ4v) is 2.13. The molecule has 2 aromatic rings. The van der Waals surface area contributed by atoms with Crippen molar-refractivity contribution in [2.75, 3.05) is 0 Å². The van der Waals surface area contributed by atoms with Crippen molar-refractivity contribution < 1.29 is 4.79 Å². The Morgan fingerprint density at radius 1 is 1.47 bits per heavy atom. The summed E-state index contributed by atoms with van der Waals surface area (Å²) in [6.07, 6.45) is 8.43. The molecule has 15 heavy (non-hydrogen) atoms. The lowest BCUT2D eigenvalue weighted by Gasteiger charge is -2.23. The molecule has 3 heteroatoms. The van der Waals surface area contributed by atoms with Crippen LogP contribution in [0.2, 0.25) is 0 Å². The van der Waals surface area contributed by atoms with Crippen molar-refractivity contribution in [1.82, 2.24) is 9.38 Å². The summed E-state index contributed by atoms with van der Waals surface area (Å²) in [5, 5.41) is 0. The molecular formula is C12H12N2O. The van der Waals surface area contributed by atoms with Gasteiger partial charge >= 0.3 is 0 Å². The Morgan fingerprint density at radius 2 is 2.33 bits per heavy atom. The number of rotatable bonds is 2. The van der Waals surface area contributed by atoms with E-state index in [1.54, 1.807) is 6.20 Å². The molecule has 3 nitrogen and oxygen atoms in total. The van der Waals surface area contributed by atoms with E-state index < -0.39 is 0 Å². The Kier molecular flexibility index (Phi) is 1.84. The number of fused-ring (bicyclic) bond motifs is 1. The Morgan fingerprint density at radius 3 is 3.00 bits per heavy atom. The first-order valence-electron chi connectivity index (χ1n) is 5.31. The topological polar surface area (TPSA) is 34.4 Å². The zero-order chi connectivity index (χ0) is 10.3. The average molecular weight is 200 g/mol. The van der Waals surface area contributed by atoms with Gasteiger partial charge in [-0.3, -0.25) is 4.79 Å². The second-order valence-electron chi connectivity index (χ2n) is 4.08. The number of carbonyl (C=O) groups is 1. The number of hydrogen-bond acceptors (Lipinski definition) is 2. The third kappa shape index (κ3) is 1.19. The summed E-state index contributed by atoms with van der Waals surface area (Å²) in [6, 6.07) is 3.73. The van der Waals surface area contributed by atoms with Crippen molar-refractivity contribution in [3.63, 3.8) is 0 Å². The maximum Gasteiger partial charge on any atom is 0.152 e. The SMILES string of the molecule is O=Cc1cccn2c(C3CCC3)ncc12. The first-order valence-corrected chi connectivity index (χ1v) is 5.31. The molecule has 3 rings (SSSR count). The van der Waals surface area contributed by atoms with Gasteiger partial charge in [0, 0.05) is 17.7 Å². The zero-order valence-corrected chi connectivity index (χ0v) is 8.39. The third-order valence-electron chi connectivity index (χ3n) is 3.23. The molecule has 0 bridgehead atoms. The standard InChI is InChI=1S/C12H12N2O/c15-8-10-5-2-6-14-11(10)7-13-12(14)9-3-1-4-9/h2,5-9H,1,3-4H2. The Labute approximate surface area is 87.7 Å². The van der Waals surface area contributed by atoms with Crippen LogP contribution in [0.1, 0.15) is 41.4 Å². The highest BCUT2D eigenvalue weighted by Crippen LogP contribution is 2.35. The monoisotopic (exact) mass is 200 g/mol. The van der Waals surface area contributed by atoms with E-state index in [9.17, 15) is 4.79 Å². The van der Waals surface area contributed by atoms with Gasteiger partial charge in [-0.15, -0.1) is 0 Å². The number of imidazole rings is 1. The van der Waals surface area contributed by atoms with E-state index in [-0.39, 0.29) is 0 Å². The second-order valence-corrected chi connectivity index (χ2v) is 4.08. The molecule has 1 fully saturated rings. The highest BCUT2D eigenvalue weighted by atomic mass is 16.1. The summed E-state index contributed by atoms with van der Waals surface area (Å²) in [6.45, 7) is 0. The van der Waals surface area contributed by atoms with Crippen LogP contribution in [-0.4, -0.2) is 15.7 Å². The summed E-state index contributed by atoms with van der Waals surface area (Å²) in [4.78, 5) is 15.3. The molecule has 0 saturated heterocycles. The second kappa shape index (κ2) is 3.19. The maximum atomic E-state index is 10.8. The van der Waals surface area contributed by atoms with E-state index in [1.807, 2.05) is 22.7 Å². The van der Waals surface area contributed by atoms with E-state index in [1.165, 1.54) is 19.3 Å². The molecule has 76 valence electrons. The van der Waals surface area contributed by atoms with Gasteiger partial charge in [0.05, 0.1) is 11.7 Å². The lowest BCUT2D eigenvalue weighted by molar-refractivity contribution is 0.112. The van der Waals surface area contributed by atoms with Crippen molar-refractivity contribution in [2.24, 2.45) is 0 Å². The van der Waals surface area contributed by atoms with Crippen LogP contribution < -0.4 is 0 Å². The van der Waals surface area contributed by atoms with Crippen LogP contribution >= 0.6 is 0 Å². The maximum absolute atomic E-state index is 10.8. The predicted octanol–water partition coefficient (Wildman–Crippen LogP) is 2.41. The average Bonchev–Trinajstić information content (AvgIpc) is 2.59. The van der Waals surface area contributed by atoms with E-state index >= 15 is 0 Å². The van der Waals surface area contributed by atoms with E-state index in [2.05, 4.69) is 4.98 Å². The highest BCUT2D eigenvalue weighted by molar-refractivity contribution is 5.85. The summed E-state index contributed by atoms with van der Waals surface area (Å²) >= 11 is 0. The first kappa shape index (κ1) is 8.65. The number of hydrogen-bond donors (Lipinski definition) is 0. The lowest BCUT2D eigenvalue weighted by atomic mass is 9.85.